The van der Waals surface area contributed by atoms with E-state index < -0.39 is 35.6 Å². The van der Waals surface area contributed by atoms with Gasteiger partial charge in [-0.15, -0.1) is 0 Å². The maximum atomic E-state index is 13.5. The highest BCUT2D eigenvalue weighted by molar-refractivity contribution is 7.92. The molecule has 1 heterocycles. The molecule has 7 nitrogen and oxygen atoms in total. The summed E-state index contributed by atoms with van der Waals surface area (Å²) in [7, 11) is -8.56. The summed E-state index contributed by atoms with van der Waals surface area (Å²) in [6.07, 6.45) is 0. The molecular formula is C24H19N3O4S2. The molecule has 0 aliphatic carbocycles. The summed E-state index contributed by atoms with van der Waals surface area (Å²) in [4.78, 5) is 8.42. The van der Waals surface area contributed by atoms with E-state index in [1.807, 2.05) is 6.92 Å². The zero-order valence-electron chi connectivity index (χ0n) is 17.8. The maximum Gasteiger partial charge on any atom is 0.225 e. The van der Waals surface area contributed by atoms with Crippen LogP contribution in [0.15, 0.2) is 87.6 Å². The first kappa shape index (κ1) is 22.6. The van der Waals surface area contributed by atoms with Crippen molar-refractivity contribution in [3.63, 3.8) is 0 Å². The van der Waals surface area contributed by atoms with Gasteiger partial charge in [0.05, 0.1) is 26.9 Å². The van der Waals surface area contributed by atoms with Crippen molar-refractivity contribution in [2.75, 3.05) is 0 Å². The van der Waals surface area contributed by atoms with E-state index >= 15 is 0 Å². The van der Waals surface area contributed by atoms with Crippen molar-refractivity contribution in [2.24, 2.45) is 0 Å². The first-order valence-corrected chi connectivity index (χ1v) is 13.0. The van der Waals surface area contributed by atoms with Gasteiger partial charge in [0, 0.05) is 0 Å². The van der Waals surface area contributed by atoms with Gasteiger partial charge in [-0.3, -0.25) is 0 Å². The number of nitriles is 1. The smallest absolute Gasteiger partial charge is 0.225 e. The second-order valence-electron chi connectivity index (χ2n) is 7.59. The summed E-state index contributed by atoms with van der Waals surface area (Å²) >= 11 is 0. The minimum Gasteiger partial charge on any atom is -0.246 e. The molecule has 4 aromatic rings. The number of aryl methyl sites for hydroxylation is 2. The lowest BCUT2D eigenvalue weighted by Gasteiger charge is -2.15. The summed E-state index contributed by atoms with van der Waals surface area (Å²) in [5, 5.41) is 7.49. The lowest BCUT2D eigenvalue weighted by molar-refractivity contribution is 0.584. The first-order chi connectivity index (χ1) is 15.6. The van der Waals surface area contributed by atoms with Crippen LogP contribution in [0.25, 0.3) is 11.0 Å². The van der Waals surface area contributed by atoms with Crippen LogP contribution in [0.4, 0.5) is 0 Å². The van der Waals surface area contributed by atoms with Gasteiger partial charge in [0.15, 0.2) is 10.3 Å². The van der Waals surface area contributed by atoms with Crippen molar-refractivity contribution in [3.05, 3.63) is 89.6 Å². The summed E-state index contributed by atoms with van der Waals surface area (Å²) in [6, 6.07) is 20.3. The molecule has 0 saturated carbocycles. The van der Waals surface area contributed by atoms with Crippen LogP contribution >= 0.6 is 0 Å². The Morgan fingerprint density at radius 1 is 0.727 bits per heavy atom. The summed E-state index contributed by atoms with van der Waals surface area (Å²) in [5.74, 6) is 0. The van der Waals surface area contributed by atoms with Crippen LogP contribution in [-0.4, -0.2) is 26.8 Å². The van der Waals surface area contributed by atoms with Gasteiger partial charge < -0.3 is 0 Å². The number of rotatable bonds is 5. The number of fused-ring (bicyclic) bond motifs is 1. The molecule has 0 amide bonds. The molecule has 0 fully saturated rings. The van der Waals surface area contributed by atoms with E-state index in [0.717, 1.165) is 11.1 Å². The van der Waals surface area contributed by atoms with Crippen molar-refractivity contribution in [1.82, 2.24) is 9.97 Å². The molecule has 0 bridgehead atoms. The minimum atomic E-state index is -4.29. The fourth-order valence-corrected chi connectivity index (χ4v) is 6.17. The molecule has 0 aliphatic rings. The molecule has 0 N–H and O–H groups in total. The highest BCUT2D eigenvalue weighted by Gasteiger charge is 2.37. The lowest BCUT2D eigenvalue weighted by Crippen LogP contribution is -2.19. The van der Waals surface area contributed by atoms with Crippen LogP contribution in [0.3, 0.4) is 0 Å². The second-order valence-corrected chi connectivity index (χ2v) is 11.5. The monoisotopic (exact) mass is 477 g/mol. The van der Waals surface area contributed by atoms with E-state index in [1.165, 1.54) is 24.3 Å². The Balaban J connectivity index is 2.01. The fourth-order valence-electron chi connectivity index (χ4n) is 3.34. The van der Waals surface area contributed by atoms with Gasteiger partial charge in [-0.25, -0.2) is 26.8 Å². The number of para-hydroxylation sites is 2. The number of hydrogen-bond acceptors (Lipinski definition) is 7. The minimum absolute atomic E-state index is 0.0663. The molecule has 1 unspecified atom stereocenters. The van der Waals surface area contributed by atoms with Crippen LogP contribution in [0.1, 0.15) is 22.1 Å². The van der Waals surface area contributed by atoms with Crippen LogP contribution in [0.2, 0.25) is 0 Å². The predicted octanol–water partition coefficient (Wildman–Crippen LogP) is 4.12. The van der Waals surface area contributed by atoms with Gasteiger partial charge in [-0.05, 0) is 50.2 Å². The molecule has 3 aromatic carbocycles. The van der Waals surface area contributed by atoms with Crippen LogP contribution in [0.5, 0.6) is 0 Å². The first-order valence-electron chi connectivity index (χ1n) is 9.93. The van der Waals surface area contributed by atoms with Crippen LogP contribution in [0, 0.1) is 25.2 Å². The van der Waals surface area contributed by atoms with E-state index in [4.69, 9.17) is 0 Å². The standard InChI is InChI=1S/C24H19N3O4S2/c1-16-7-11-18(12-8-16)32(28,29)22(15-25)23-24(27-21-6-4-3-5-20(21)26-23)33(30,31)19-13-9-17(2)10-14-19/h3-14,22H,1-2H3. The van der Waals surface area contributed by atoms with Gasteiger partial charge >= 0.3 is 0 Å². The number of benzene rings is 3. The third kappa shape index (κ3) is 4.11. The van der Waals surface area contributed by atoms with Crippen LogP contribution < -0.4 is 0 Å². The quantitative estimate of drug-likeness (QED) is 0.424. The van der Waals surface area contributed by atoms with E-state index in [0.29, 0.717) is 0 Å². The number of nitrogens with zero attached hydrogens (tertiary/aromatic N) is 3. The average molecular weight is 478 g/mol. The molecule has 33 heavy (non-hydrogen) atoms. The number of sulfone groups is 2. The van der Waals surface area contributed by atoms with Gasteiger partial charge in [0.1, 0.15) is 5.69 Å². The van der Waals surface area contributed by atoms with Gasteiger partial charge in [0.2, 0.25) is 19.7 Å². The Labute approximate surface area is 192 Å². The maximum absolute atomic E-state index is 13.5. The molecule has 9 heteroatoms. The predicted molar refractivity (Wildman–Crippen MR) is 123 cm³/mol. The third-order valence-corrected chi connectivity index (χ3v) is 8.76. The Kier molecular flexibility index (Phi) is 5.74. The van der Waals surface area contributed by atoms with Crippen molar-refractivity contribution in [3.8, 4) is 6.07 Å². The molecule has 0 spiro atoms. The van der Waals surface area contributed by atoms with Gasteiger partial charge in [-0.1, -0.05) is 47.5 Å². The van der Waals surface area contributed by atoms with Crippen molar-refractivity contribution in [1.29, 1.82) is 5.26 Å². The Bertz CT molecular complexity index is 1610. The van der Waals surface area contributed by atoms with Crippen LogP contribution in [-0.2, 0) is 19.7 Å². The molecule has 0 radical (unpaired) electrons. The topological polar surface area (TPSA) is 118 Å². The Morgan fingerprint density at radius 2 is 1.21 bits per heavy atom. The highest BCUT2D eigenvalue weighted by atomic mass is 32.2. The van der Waals surface area contributed by atoms with E-state index in [9.17, 15) is 22.1 Å². The number of hydrogen-bond donors (Lipinski definition) is 0. The zero-order chi connectivity index (χ0) is 23.8. The fraction of sp³-hybridized carbons (Fsp3) is 0.125. The van der Waals surface area contributed by atoms with Gasteiger partial charge in [-0.2, -0.15) is 5.26 Å². The molecule has 0 aliphatic heterocycles. The molecule has 0 saturated heterocycles. The summed E-state index contributed by atoms with van der Waals surface area (Å²) < 4.78 is 53.8. The Hall–Kier alpha value is -3.61. The molecule has 1 aromatic heterocycles. The summed E-state index contributed by atoms with van der Waals surface area (Å²) in [5.41, 5.74) is 1.84. The highest BCUT2D eigenvalue weighted by Crippen LogP contribution is 2.34. The number of aromatic nitrogens is 2. The zero-order valence-corrected chi connectivity index (χ0v) is 19.4. The summed E-state index contributed by atoms with van der Waals surface area (Å²) in [6.45, 7) is 3.62. The van der Waals surface area contributed by atoms with Gasteiger partial charge in [0.25, 0.3) is 0 Å². The van der Waals surface area contributed by atoms with Crippen molar-refractivity contribution < 1.29 is 16.8 Å². The third-order valence-electron chi connectivity index (χ3n) is 5.17. The van der Waals surface area contributed by atoms with Crippen molar-refractivity contribution in [2.45, 2.75) is 33.9 Å². The van der Waals surface area contributed by atoms with E-state index in [-0.39, 0.29) is 20.8 Å². The lowest BCUT2D eigenvalue weighted by atomic mass is 10.2. The Morgan fingerprint density at radius 3 is 1.73 bits per heavy atom. The van der Waals surface area contributed by atoms with E-state index in [1.54, 1.807) is 61.5 Å². The normalized spacial score (nSPS) is 12.9. The van der Waals surface area contributed by atoms with Crippen molar-refractivity contribution >= 4 is 30.7 Å². The largest absolute Gasteiger partial charge is 0.246 e. The van der Waals surface area contributed by atoms with E-state index in [2.05, 4.69) is 9.97 Å². The molecular weight excluding hydrogens is 458 g/mol. The molecule has 166 valence electrons. The SMILES string of the molecule is Cc1ccc(S(=O)(=O)c2nc3ccccc3nc2C(C#N)S(=O)(=O)c2ccc(C)cc2)cc1. The second kappa shape index (κ2) is 8.39. The molecule has 1 atom stereocenters. The molecule has 4 rings (SSSR count). The average Bonchev–Trinajstić information content (AvgIpc) is 2.79.